The molecule has 1 aromatic carbocycles. The van der Waals surface area contributed by atoms with E-state index in [1.54, 1.807) is 0 Å². The van der Waals surface area contributed by atoms with E-state index in [-0.39, 0.29) is 5.97 Å². The van der Waals surface area contributed by atoms with Crippen LogP contribution in [0.1, 0.15) is 19.8 Å². The van der Waals surface area contributed by atoms with Gasteiger partial charge in [0, 0.05) is 23.8 Å². The molecule has 1 N–H and O–H groups in total. The van der Waals surface area contributed by atoms with Gasteiger partial charge in [0.25, 0.3) is 0 Å². The largest absolute Gasteiger partial charge is 0.464 e. The van der Waals surface area contributed by atoms with Crippen molar-refractivity contribution in [2.24, 2.45) is 0 Å². The summed E-state index contributed by atoms with van der Waals surface area (Å²) < 4.78 is 5.27. The Morgan fingerprint density at radius 1 is 1.35 bits per heavy atom. The van der Waals surface area contributed by atoms with Gasteiger partial charge in [0.15, 0.2) is 0 Å². The second kappa shape index (κ2) is 6.46. The third kappa shape index (κ3) is 3.44. The van der Waals surface area contributed by atoms with Crippen molar-refractivity contribution in [3.63, 3.8) is 0 Å². The van der Waals surface area contributed by atoms with E-state index >= 15 is 0 Å². The van der Waals surface area contributed by atoms with E-state index in [1.165, 1.54) is 0 Å². The number of nitrogens with one attached hydrogen (secondary N) is 1. The van der Waals surface area contributed by atoms with E-state index in [4.69, 9.17) is 16.3 Å². The maximum absolute atomic E-state index is 12.4. The molecule has 2 rings (SSSR count). The van der Waals surface area contributed by atoms with Gasteiger partial charge in [0.1, 0.15) is 5.54 Å². The molecule has 0 bridgehead atoms. The van der Waals surface area contributed by atoms with Gasteiger partial charge >= 0.3 is 5.97 Å². The van der Waals surface area contributed by atoms with Crippen molar-refractivity contribution in [3.8, 4) is 0 Å². The molecule has 5 heteroatoms. The topological polar surface area (TPSA) is 41.6 Å². The Kier molecular flexibility index (Phi) is 4.89. The summed E-state index contributed by atoms with van der Waals surface area (Å²) in [6, 6.07) is 7.42. The van der Waals surface area contributed by atoms with Gasteiger partial charge in [-0.25, -0.2) is 4.79 Å². The normalized spacial score (nSPS) is 18.6. The molecule has 0 spiro atoms. The highest BCUT2D eigenvalue weighted by molar-refractivity contribution is 6.30. The molecule has 0 aromatic heterocycles. The highest BCUT2D eigenvalue weighted by Crippen LogP contribution is 2.28. The quantitative estimate of drug-likeness (QED) is 0.868. The Hall–Kier alpha value is -1.26. The lowest BCUT2D eigenvalue weighted by Gasteiger charge is -2.39. The first-order chi connectivity index (χ1) is 9.55. The van der Waals surface area contributed by atoms with Crippen LogP contribution in [0.25, 0.3) is 0 Å². The minimum atomic E-state index is -0.629. The zero-order valence-corrected chi connectivity index (χ0v) is 12.7. The SMILES string of the molecule is CCOC(=O)C1(Nc2ccc(Cl)cc2)CCN(C)CC1. The lowest BCUT2D eigenvalue weighted by atomic mass is 9.87. The number of hydrogen-bond donors (Lipinski definition) is 1. The van der Waals surface area contributed by atoms with Crippen LogP contribution in [0.2, 0.25) is 5.02 Å². The number of hydrogen-bond acceptors (Lipinski definition) is 4. The summed E-state index contributed by atoms with van der Waals surface area (Å²) in [5, 5.41) is 4.05. The molecule has 1 aliphatic rings. The van der Waals surface area contributed by atoms with E-state index in [0.717, 1.165) is 31.6 Å². The van der Waals surface area contributed by atoms with Gasteiger partial charge in [-0.15, -0.1) is 0 Å². The van der Waals surface area contributed by atoms with E-state index in [9.17, 15) is 4.79 Å². The number of piperidine rings is 1. The number of esters is 1. The van der Waals surface area contributed by atoms with E-state index in [2.05, 4.69) is 17.3 Å². The summed E-state index contributed by atoms with van der Waals surface area (Å²) in [6.07, 6.45) is 1.48. The Morgan fingerprint density at radius 3 is 2.50 bits per heavy atom. The second-order valence-electron chi connectivity index (χ2n) is 5.24. The van der Waals surface area contributed by atoms with Crippen LogP contribution in [0, 0.1) is 0 Å². The molecule has 0 unspecified atom stereocenters. The minimum absolute atomic E-state index is 0.164. The van der Waals surface area contributed by atoms with Crippen LogP contribution in [0.15, 0.2) is 24.3 Å². The maximum Gasteiger partial charge on any atom is 0.331 e. The number of anilines is 1. The molecule has 1 aromatic rings. The summed E-state index contributed by atoms with van der Waals surface area (Å²) >= 11 is 5.89. The molecule has 0 radical (unpaired) electrons. The van der Waals surface area contributed by atoms with Crippen molar-refractivity contribution >= 4 is 23.3 Å². The highest BCUT2D eigenvalue weighted by atomic mass is 35.5. The van der Waals surface area contributed by atoms with E-state index < -0.39 is 5.54 Å². The van der Waals surface area contributed by atoms with Gasteiger partial charge in [-0.1, -0.05) is 11.6 Å². The van der Waals surface area contributed by atoms with Crippen molar-refractivity contribution in [1.29, 1.82) is 0 Å². The smallest absolute Gasteiger partial charge is 0.331 e. The number of ether oxygens (including phenoxy) is 1. The number of likely N-dealkylation sites (tertiary alicyclic amines) is 1. The van der Waals surface area contributed by atoms with Crippen molar-refractivity contribution in [1.82, 2.24) is 4.90 Å². The van der Waals surface area contributed by atoms with Gasteiger partial charge in [0.2, 0.25) is 0 Å². The summed E-state index contributed by atoms with van der Waals surface area (Å²) in [7, 11) is 2.07. The summed E-state index contributed by atoms with van der Waals surface area (Å²) in [6.45, 7) is 3.99. The molecule has 1 fully saturated rings. The van der Waals surface area contributed by atoms with Crippen LogP contribution in [-0.4, -0.2) is 43.2 Å². The molecular weight excluding hydrogens is 276 g/mol. The number of carbonyl (C=O) groups excluding carboxylic acids is 1. The van der Waals surface area contributed by atoms with Crippen LogP contribution in [-0.2, 0) is 9.53 Å². The Morgan fingerprint density at radius 2 is 1.95 bits per heavy atom. The fraction of sp³-hybridized carbons (Fsp3) is 0.533. The monoisotopic (exact) mass is 296 g/mol. The average Bonchev–Trinajstić information content (AvgIpc) is 2.44. The molecule has 110 valence electrons. The molecular formula is C15H21ClN2O2. The number of carbonyl (C=O) groups is 1. The fourth-order valence-corrected chi connectivity index (χ4v) is 2.59. The predicted octanol–water partition coefficient (Wildman–Crippen LogP) is 2.78. The number of benzene rings is 1. The predicted molar refractivity (Wildman–Crippen MR) is 81.2 cm³/mol. The first-order valence-corrected chi connectivity index (χ1v) is 7.33. The second-order valence-corrected chi connectivity index (χ2v) is 5.67. The van der Waals surface area contributed by atoms with Gasteiger partial charge in [-0.2, -0.15) is 0 Å². The van der Waals surface area contributed by atoms with Gasteiger partial charge in [-0.05, 0) is 51.1 Å². The average molecular weight is 297 g/mol. The zero-order chi connectivity index (χ0) is 14.6. The molecule has 4 nitrogen and oxygen atoms in total. The van der Waals surface area contributed by atoms with Crippen LogP contribution in [0.4, 0.5) is 5.69 Å². The van der Waals surface area contributed by atoms with Crippen LogP contribution < -0.4 is 5.32 Å². The first kappa shape index (κ1) is 15.1. The number of nitrogens with zero attached hydrogens (tertiary/aromatic N) is 1. The van der Waals surface area contributed by atoms with E-state index in [1.807, 2.05) is 31.2 Å². The number of rotatable bonds is 4. The standard InChI is InChI=1S/C15H21ClN2O2/c1-3-20-14(19)15(8-10-18(2)11-9-15)17-13-6-4-12(16)5-7-13/h4-7,17H,3,8-11H2,1-2H3. The van der Waals surface area contributed by atoms with Crippen molar-refractivity contribution < 1.29 is 9.53 Å². The Balaban J connectivity index is 2.18. The van der Waals surface area contributed by atoms with Crippen molar-refractivity contribution in [3.05, 3.63) is 29.3 Å². The first-order valence-electron chi connectivity index (χ1n) is 6.95. The maximum atomic E-state index is 12.4. The van der Waals surface area contributed by atoms with Crippen molar-refractivity contribution in [2.75, 3.05) is 32.1 Å². The Labute approximate surface area is 125 Å². The fourth-order valence-electron chi connectivity index (χ4n) is 2.46. The van der Waals surface area contributed by atoms with Gasteiger partial charge < -0.3 is 15.0 Å². The highest BCUT2D eigenvalue weighted by Gasteiger charge is 2.42. The minimum Gasteiger partial charge on any atom is -0.464 e. The third-order valence-corrected chi connectivity index (χ3v) is 3.99. The molecule has 1 aliphatic heterocycles. The van der Waals surface area contributed by atoms with Crippen molar-refractivity contribution in [2.45, 2.75) is 25.3 Å². The third-order valence-electron chi connectivity index (χ3n) is 3.73. The molecule has 0 amide bonds. The molecule has 1 saturated heterocycles. The van der Waals surface area contributed by atoms with Gasteiger partial charge in [-0.3, -0.25) is 0 Å². The molecule has 0 atom stereocenters. The summed E-state index contributed by atoms with van der Waals surface area (Å²) in [5.41, 5.74) is 0.267. The molecule has 20 heavy (non-hydrogen) atoms. The zero-order valence-electron chi connectivity index (χ0n) is 12.0. The van der Waals surface area contributed by atoms with Crippen LogP contribution in [0.5, 0.6) is 0 Å². The van der Waals surface area contributed by atoms with Crippen LogP contribution in [0.3, 0.4) is 0 Å². The molecule has 0 saturated carbocycles. The van der Waals surface area contributed by atoms with E-state index in [0.29, 0.717) is 11.6 Å². The lowest BCUT2D eigenvalue weighted by molar-refractivity contribution is -0.150. The van der Waals surface area contributed by atoms with Crippen LogP contribution >= 0.6 is 11.6 Å². The van der Waals surface area contributed by atoms with Gasteiger partial charge in [0.05, 0.1) is 6.61 Å². The summed E-state index contributed by atoms with van der Waals surface area (Å²) in [5.74, 6) is -0.164. The summed E-state index contributed by atoms with van der Waals surface area (Å²) in [4.78, 5) is 14.6. The molecule has 0 aliphatic carbocycles. The number of halogens is 1. The molecule has 1 heterocycles. The lowest BCUT2D eigenvalue weighted by Crippen LogP contribution is -2.54. The Bertz CT molecular complexity index is 453.